The molecule has 0 radical (unpaired) electrons. The quantitative estimate of drug-likeness (QED) is 0.856. The second kappa shape index (κ2) is 5.92. The number of methoxy groups -OCH3 is 1. The van der Waals surface area contributed by atoms with Gasteiger partial charge in [0.1, 0.15) is 0 Å². The first kappa shape index (κ1) is 15.9. The number of rotatable bonds is 3. The Morgan fingerprint density at radius 2 is 1.91 bits per heavy atom. The molecule has 1 aromatic rings. The van der Waals surface area contributed by atoms with E-state index in [0.717, 1.165) is 31.2 Å². The molecule has 22 heavy (non-hydrogen) atoms. The van der Waals surface area contributed by atoms with E-state index in [-0.39, 0.29) is 0 Å². The van der Waals surface area contributed by atoms with E-state index in [0.29, 0.717) is 18.0 Å². The van der Waals surface area contributed by atoms with Gasteiger partial charge in [-0.3, -0.25) is 0 Å². The highest BCUT2D eigenvalue weighted by molar-refractivity contribution is 7.89. The molecule has 2 saturated heterocycles. The van der Waals surface area contributed by atoms with Crippen LogP contribution in [0.1, 0.15) is 31.2 Å². The lowest BCUT2D eigenvalue weighted by Gasteiger charge is -2.45. The van der Waals surface area contributed by atoms with Crippen molar-refractivity contribution in [3.05, 3.63) is 29.8 Å². The SMILES string of the molecule is COC1OCCCC12CCCN2S(=O)(=O)c1ccc(C)cc1. The zero-order chi connectivity index (χ0) is 15.8. The van der Waals surface area contributed by atoms with Crippen molar-refractivity contribution in [1.82, 2.24) is 4.31 Å². The molecule has 0 N–H and O–H groups in total. The van der Waals surface area contributed by atoms with Crippen LogP contribution in [0.2, 0.25) is 0 Å². The van der Waals surface area contributed by atoms with Crippen molar-refractivity contribution in [2.45, 2.75) is 49.3 Å². The van der Waals surface area contributed by atoms with Gasteiger partial charge < -0.3 is 9.47 Å². The monoisotopic (exact) mass is 325 g/mol. The first-order chi connectivity index (χ1) is 10.5. The lowest BCUT2D eigenvalue weighted by molar-refractivity contribution is -0.207. The molecule has 3 rings (SSSR count). The van der Waals surface area contributed by atoms with E-state index < -0.39 is 21.9 Å². The van der Waals surface area contributed by atoms with Gasteiger partial charge in [0.2, 0.25) is 10.0 Å². The molecule has 1 spiro atoms. The van der Waals surface area contributed by atoms with Gasteiger partial charge in [-0.05, 0) is 44.7 Å². The standard InChI is InChI=1S/C16H23NO4S/c1-13-5-7-14(8-6-13)22(18,19)17-11-3-9-16(17)10-4-12-21-15(16)20-2/h5-8,15H,3-4,9-12H2,1-2H3. The van der Waals surface area contributed by atoms with Gasteiger partial charge in [-0.1, -0.05) is 17.7 Å². The van der Waals surface area contributed by atoms with E-state index in [1.807, 2.05) is 19.1 Å². The Kier molecular flexibility index (Phi) is 4.29. The summed E-state index contributed by atoms with van der Waals surface area (Å²) in [6, 6.07) is 7.03. The second-order valence-electron chi connectivity index (χ2n) is 6.14. The topological polar surface area (TPSA) is 55.8 Å². The number of nitrogens with zero attached hydrogens (tertiary/aromatic N) is 1. The van der Waals surface area contributed by atoms with Crippen molar-refractivity contribution in [3.63, 3.8) is 0 Å². The van der Waals surface area contributed by atoms with Crippen LogP contribution in [0.4, 0.5) is 0 Å². The van der Waals surface area contributed by atoms with Gasteiger partial charge in [0.15, 0.2) is 6.29 Å². The molecular formula is C16H23NO4S. The maximum absolute atomic E-state index is 13.1. The largest absolute Gasteiger partial charge is 0.354 e. The minimum atomic E-state index is -3.53. The van der Waals surface area contributed by atoms with Crippen LogP contribution >= 0.6 is 0 Å². The summed E-state index contributed by atoms with van der Waals surface area (Å²) in [5, 5.41) is 0. The summed E-state index contributed by atoms with van der Waals surface area (Å²) in [6.45, 7) is 3.10. The van der Waals surface area contributed by atoms with E-state index >= 15 is 0 Å². The van der Waals surface area contributed by atoms with Crippen LogP contribution in [0.25, 0.3) is 0 Å². The molecular weight excluding hydrogens is 302 g/mol. The summed E-state index contributed by atoms with van der Waals surface area (Å²) in [5.41, 5.74) is 0.488. The Morgan fingerprint density at radius 1 is 1.23 bits per heavy atom. The third-order valence-electron chi connectivity index (χ3n) is 4.75. The first-order valence-electron chi connectivity index (χ1n) is 7.75. The Bertz CT molecular complexity index is 628. The normalized spacial score (nSPS) is 30.0. The first-order valence-corrected chi connectivity index (χ1v) is 9.19. The fourth-order valence-corrected chi connectivity index (χ4v) is 5.54. The molecule has 2 unspecified atom stereocenters. The van der Waals surface area contributed by atoms with Gasteiger partial charge >= 0.3 is 0 Å². The average Bonchev–Trinajstić information content (AvgIpc) is 2.93. The Labute approximate surface area is 132 Å². The smallest absolute Gasteiger partial charge is 0.243 e. The number of sulfonamides is 1. The van der Waals surface area contributed by atoms with Crippen molar-refractivity contribution in [2.75, 3.05) is 20.3 Å². The van der Waals surface area contributed by atoms with Crippen molar-refractivity contribution >= 4 is 10.0 Å². The van der Waals surface area contributed by atoms with E-state index in [1.165, 1.54) is 0 Å². The molecule has 2 aliphatic rings. The highest BCUT2D eigenvalue weighted by Gasteiger charge is 2.54. The van der Waals surface area contributed by atoms with Crippen molar-refractivity contribution in [2.24, 2.45) is 0 Å². The lowest BCUT2D eigenvalue weighted by Crippen LogP contribution is -2.58. The van der Waals surface area contributed by atoms with Gasteiger partial charge in [-0.25, -0.2) is 8.42 Å². The van der Waals surface area contributed by atoms with Gasteiger partial charge in [-0.2, -0.15) is 4.31 Å². The van der Waals surface area contributed by atoms with Crippen molar-refractivity contribution in [3.8, 4) is 0 Å². The van der Waals surface area contributed by atoms with E-state index in [2.05, 4.69) is 0 Å². The summed E-state index contributed by atoms with van der Waals surface area (Å²) >= 11 is 0. The third-order valence-corrected chi connectivity index (χ3v) is 6.75. The molecule has 0 amide bonds. The number of ether oxygens (including phenoxy) is 2. The minimum Gasteiger partial charge on any atom is -0.354 e. The Balaban J connectivity index is 2.00. The fraction of sp³-hybridized carbons (Fsp3) is 0.625. The predicted molar refractivity (Wildman–Crippen MR) is 83.0 cm³/mol. The fourth-order valence-electron chi connectivity index (χ4n) is 3.69. The summed E-state index contributed by atoms with van der Waals surface area (Å²) in [7, 11) is -1.94. The van der Waals surface area contributed by atoms with Crippen LogP contribution < -0.4 is 0 Å². The number of benzene rings is 1. The van der Waals surface area contributed by atoms with Gasteiger partial charge in [0, 0.05) is 20.3 Å². The molecule has 2 fully saturated rings. The molecule has 0 bridgehead atoms. The van der Waals surface area contributed by atoms with Crippen LogP contribution in [0.15, 0.2) is 29.2 Å². The molecule has 2 heterocycles. The molecule has 2 aliphatic heterocycles. The Hall–Kier alpha value is -0.950. The van der Waals surface area contributed by atoms with Crippen LogP contribution in [-0.4, -0.2) is 44.8 Å². The maximum Gasteiger partial charge on any atom is 0.243 e. The van der Waals surface area contributed by atoms with Crippen molar-refractivity contribution in [1.29, 1.82) is 0 Å². The Morgan fingerprint density at radius 3 is 2.59 bits per heavy atom. The maximum atomic E-state index is 13.1. The van der Waals surface area contributed by atoms with Crippen LogP contribution in [-0.2, 0) is 19.5 Å². The summed E-state index contributed by atoms with van der Waals surface area (Å²) in [4.78, 5) is 0.347. The van der Waals surface area contributed by atoms with E-state index in [9.17, 15) is 8.42 Å². The molecule has 6 heteroatoms. The van der Waals surface area contributed by atoms with Gasteiger partial charge in [0.25, 0.3) is 0 Å². The number of hydrogen-bond acceptors (Lipinski definition) is 4. The molecule has 1 aromatic carbocycles. The molecule has 2 atom stereocenters. The van der Waals surface area contributed by atoms with E-state index in [1.54, 1.807) is 23.5 Å². The number of hydrogen-bond donors (Lipinski definition) is 0. The second-order valence-corrected chi connectivity index (χ2v) is 8.00. The summed E-state index contributed by atoms with van der Waals surface area (Å²) < 4.78 is 39.0. The van der Waals surface area contributed by atoms with Gasteiger partial charge in [0.05, 0.1) is 10.4 Å². The van der Waals surface area contributed by atoms with Crippen LogP contribution in [0.5, 0.6) is 0 Å². The number of aryl methyl sites for hydroxylation is 1. The predicted octanol–water partition coefficient (Wildman–Crippen LogP) is 2.30. The molecule has 122 valence electrons. The zero-order valence-corrected chi connectivity index (χ0v) is 13.9. The average molecular weight is 325 g/mol. The van der Waals surface area contributed by atoms with Crippen LogP contribution in [0, 0.1) is 6.92 Å². The molecule has 5 nitrogen and oxygen atoms in total. The highest BCUT2D eigenvalue weighted by atomic mass is 32.2. The molecule has 0 saturated carbocycles. The zero-order valence-electron chi connectivity index (χ0n) is 13.1. The summed E-state index contributed by atoms with van der Waals surface area (Å²) in [5.74, 6) is 0. The summed E-state index contributed by atoms with van der Waals surface area (Å²) in [6.07, 6.45) is 2.80. The molecule has 0 aliphatic carbocycles. The highest BCUT2D eigenvalue weighted by Crippen LogP contribution is 2.43. The molecule has 0 aromatic heterocycles. The minimum absolute atomic E-state index is 0.347. The van der Waals surface area contributed by atoms with E-state index in [4.69, 9.17) is 9.47 Å². The van der Waals surface area contributed by atoms with Crippen LogP contribution in [0.3, 0.4) is 0 Å². The lowest BCUT2D eigenvalue weighted by atomic mass is 9.89. The van der Waals surface area contributed by atoms with Gasteiger partial charge in [-0.15, -0.1) is 0 Å². The third kappa shape index (κ3) is 2.48. The van der Waals surface area contributed by atoms with Crippen molar-refractivity contribution < 1.29 is 17.9 Å².